The number of carbonyl (C=O) groups is 1. The van der Waals surface area contributed by atoms with E-state index < -0.39 is 0 Å². The summed E-state index contributed by atoms with van der Waals surface area (Å²) < 4.78 is 0. The number of phenolic OH excluding ortho intramolecular Hbond substituents is 1. The summed E-state index contributed by atoms with van der Waals surface area (Å²) in [7, 11) is 0. The van der Waals surface area contributed by atoms with Crippen LogP contribution in [0.2, 0.25) is 0 Å². The summed E-state index contributed by atoms with van der Waals surface area (Å²) in [5.74, 6) is 2.50. The van der Waals surface area contributed by atoms with Crippen molar-refractivity contribution in [2.75, 3.05) is 0 Å². The van der Waals surface area contributed by atoms with Crippen LogP contribution in [0, 0.1) is 12.3 Å². The first kappa shape index (κ1) is 11.3. The Bertz CT molecular complexity index is 431. The zero-order valence-corrected chi connectivity index (χ0v) is 9.16. The third-order valence-corrected chi connectivity index (χ3v) is 2.24. The van der Waals surface area contributed by atoms with E-state index in [-0.39, 0.29) is 16.7 Å². The minimum Gasteiger partial charge on any atom is -0.507 e. The average molecular weight is 202 g/mol. The number of benzene rings is 1. The molecule has 0 fully saturated rings. The molecule has 0 saturated carbocycles. The van der Waals surface area contributed by atoms with Crippen LogP contribution in [0.5, 0.6) is 5.75 Å². The molecule has 0 aromatic heterocycles. The second-order valence-corrected chi connectivity index (χ2v) is 4.47. The Labute approximate surface area is 89.9 Å². The molecule has 0 saturated heterocycles. The van der Waals surface area contributed by atoms with Crippen molar-refractivity contribution in [3.8, 4) is 18.1 Å². The van der Waals surface area contributed by atoms with E-state index in [2.05, 4.69) is 5.92 Å². The van der Waals surface area contributed by atoms with Crippen molar-refractivity contribution >= 4 is 6.29 Å². The van der Waals surface area contributed by atoms with Crippen LogP contribution in [0.4, 0.5) is 0 Å². The van der Waals surface area contributed by atoms with E-state index >= 15 is 0 Å². The molecule has 1 aromatic rings. The Morgan fingerprint density at radius 1 is 1.40 bits per heavy atom. The lowest BCUT2D eigenvalue weighted by atomic mass is 9.84. The summed E-state index contributed by atoms with van der Waals surface area (Å²) in [5.41, 5.74) is 1.31. The zero-order chi connectivity index (χ0) is 11.6. The SMILES string of the molecule is C#Cc1cc(C=O)c(O)c(C(C)(C)C)c1. The monoisotopic (exact) mass is 202 g/mol. The predicted octanol–water partition coefficient (Wildman–Crippen LogP) is 2.48. The van der Waals surface area contributed by atoms with Crippen LogP contribution in [-0.2, 0) is 5.41 Å². The van der Waals surface area contributed by atoms with E-state index in [9.17, 15) is 9.90 Å². The van der Waals surface area contributed by atoms with Gasteiger partial charge in [0.15, 0.2) is 6.29 Å². The van der Waals surface area contributed by atoms with Gasteiger partial charge in [-0.3, -0.25) is 4.79 Å². The number of phenols is 1. The fraction of sp³-hybridized carbons (Fsp3) is 0.308. The van der Waals surface area contributed by atoms with E-state index in [1.165, 1.54) is 6.07 Å². The number of aldehydes is 1. The van der Waals surface area contributed by atoms with Crippen LogP contribution in [0.3, 0.4) is 0 Å². The minimum absolute atomic E-state index is 0.0245. The van der Waals surface area contributed by atoms with Crippen molar-refractivity contribution in [3.63, 3.8) is 0 Å². The fourth-order valence-electron chi connectivity index (χ4n) is 1.40. The van der Waals surface area contributed by atoms with Gasteiger partial charge in [0, 0.05) is 11.1 Å². The van der Waals surface area contributed by atoms with Gasteiger partial charge in [0.1, 0.15) is 5.75 Å². The Balaban J connectivity index is 3.53. The smallest absolute Gasteiger partial charge is 0.153 e. The fourth-order valence-corrected chi connectivity index (χ4v) is 1.40. The first-order chi connectivity index (χ1) is 6.90. The number of carbonyl (C=O) groups excluding carboxylic acids is 1. The molecule has 15 heavy (non-hydrogen) atoms. The summed E-state index contributed by atoms with van der Waals surface area (Å²) >= 11 is 0. The number of aromatic hydroxyl groups is 1. The van der Waals surface area contributed by atoms with Gasteiger partial charge in [-0.25, -0.2) is 0 Å². The first-order valence-corrected chi connectivity index (χ1v) is 4.69. The molecule has 0 aliphatic heterocycles. The molecule has 78 valence electrons. The highest BCUT2D eigenvalue weighted by Gasteiger charge is 2.20. The maximum atomic E-state index is 10.7. The Hall–Kier alpha value is -1.75. The van der Waals surface area contributed by atoms with Gasteiger partial charge in [-0.15, -0.1) is 6.42 Å². The van der Waals surface area contributed by atoms with Gasteiger partial charge >= 0.3 is 0 Å². The van der Waals surface area contributed by atoms with Crippen LogP contribution in [0.15, 0.2) is 12.1 Å². The molecule has 1 N–H and O–H groups in total. The second kappa shape index (κ2) is 3.78. The molecule has 0 aliphatic rings. The van der Waals surface area contributed by atoms with Crippen LogP contribution in [-0.4, -0.2) is 11.4 Å². The molecule has 0 bridgehead atoms. The van der Waals surface area contributed by atoms with E-state index in [0.717, 1.165) is 0 Å². The lowest BCUT2D eigenvalue weighted by Gasteiger charge is -2.21. The highest BCUT2D eigenvalue weighted by Crippen LogP contribution is 2.33. The van der Waals surface area contributed by atoms with Crippen LogP contribution < -0.4 is 0 Å². The third-order valence-electron chi connectivity index (χ3n) is 2.24. The Morgan fingerprint density at radius 2 is 2.00 bits per heavy atom. The summed E-state index contributed by atoms with van der Waals surface area (Å²) in [6, 6.07) is 3.25. The topological polar surface area (TPSA) is 37.3 Å². The van der Waals surface area contributed by atoms with Crippen molar-refractivity contribution in [1.29, 1.82) is 0 Å². The quantitative estimate of drug-likeness (QED) is 0.561. The van der Waals surface area contributed by atoms with E-state index in [1.54, 1.807) is 6.07 Å². The summed E-state index contributed by atoms with van der Waals surface area (Å²) in [6.45, 7) is 5.87. The van der Waals surface area contributed by atoms with Gasteiger partial charge in [0.25, 0.3) is 0 Å². The maximum Gasteiger partial charge on any atom is 0.153 e. The molecule has 2 heteroatoms. The van der Waals surface area contributed by atoms with Crippen molar-refractivity contribution in [2.24, 2.45) is 0 Å². The molecule has 0 atom stereocenters. The second-order valence-electron chi connectivity index (χ2n) is 4.47. The van der Waals surface area contributed by atoms with Gasteiger partial charge in [0.2, 0.25) is 0 Å². The van der Waals surface area contributed by atoms with Gasteiger partial charge in [-0.1, -0.05) is 26.7 Å². The van der Waals surface area contributed by atoms with Gasteiger partial charge in [-0.05, 0) is 17.5 Å². The van der Waals surface area contributed by atoms with Crippen LogP contribution in [0.25, 0.3) is 0 Å². The van der Waals surface area contributed by atoms with Gasteiger partial charge in [-0.2, -0.15) is 0 Å². The number of terminal acetylenes is 1. The average Bonchev–Trinajstić information content (AvgIpc) is 2.16. The lowest BCUT2D eigenvalue weighted by Crippen LogP contribution is -2.12. The van der Waals surface area contributed by atoms with Crippen molar-refractivity contribution < 1.29 is 9.90 Å². The summed E-state index contributed by atoms with van der Waals surface area (Å²) in [6.07, 6.45) is 5.90. The molecule has 0 heterocycles. The third kappa shape index (κ3) is 2.19. The molecule has 2 nitrogen and oxygen atoms in total. The normalized spacial score (nSPS) is 10.8. The van der Waals surface area contributed by atoms with Crippen LogP contribution >= 0.6 is 0 Å². The van der Waals surface area contributed by atoms with Crippen molar-refractivity contribution in [1.82, 2.24) is 0 Å². The van der Waals surface area contributed by atoms with Crippen molar-refractivity contribution in [2.45, 2.75) is 26.2 Å². The predicted molar refractivity (Wildman–Crippen MR) is 60.1 cm³/mol. The molecular weight excluding hydrogens is 188 g/mol. The minimum atomic E-state index is -0.241. The summed E-state index contributed by atoms with van der Waals surface area (Å²) in [5, 5.41) is 9.84. The van der Waals surface area contributed by atoms with E-state index in [0.29, 0.717) is 17.4 Å². The maximum absolute atomic E-state index is 10.7. The lowest BCUT2D eigenvalue weighted by molar-refractivity contribution is 0.112. The Morgan fingerprint density at radius 3 is 2.40 bits per heavy atom. The Kier molecular flexibility index (Phi) is 2.85. The molecule has 0 amide bonds. The molecular formula is C13H14O2. The molecule has 0 spiro atoms. The van der Waals surface area contributed by atoms with Gasteiger partial charge in [0.05, 0.1) is 5.56 Å². The van der Waals surface area contributed by atoms with E-state index in [4.69, 9.17) is 6.42 Å². The molecule has 1 aromatic carbocycles. The standard InChI is InChI=1S/C13H14O2/c1-5-9-6-10(8-14)12(15)11(7-9)13(2,3)4/h1,6-8,15H,2-4H3. The van der Waals surface area contributed by atoms with Crippen molar-refractivity contribution in [3.05, 3.63) is 28.8 Å². The number of hydrogen-bond acceptors (Lipinski definition) is 2. The molecule has 1 rings (SSSR count). The first-order valence-electron chi connectivity index (χ1n) is 4.69. The zero-order valence-electron chi connectivity index (χ0n) is 9.16. The molecule has 0 radical (unpaired) electrons. The highest BCUT2D eigenvalue weighted by molar-refractivity contribution is 5.81. The van der Waals surface area contributed by atoms with E-state index in [1.807, 2.05) is 20.8 Å². The largest absolute Gasteiger partial charge is 0.507 e. The summed E-state index contributed by atoms with van der Waals surface area (Å²) in [4.78, 5) is 10.7. The molecule has 0 unspecified atom stereocenters. The number of hydrogen-bond donors (Lipinski definition) is 1. The van der Waals surface area contributed by atoms with Gasteiger partial charge < -0.3 is 5.11 Å². The van der Waals surface area contributed by atoms with Crippen LogP contribution in [0.1, 0.15) is 42.3 Å². The highest BCUT2D eigenvalue weighted by atomic mass is 16.3. The molecule has 0 aliphatic carbocycles. The number of rotatable bonds is 1.